The number of amides is 1. The molecular weight excluding hydrogens is 188 g/mol. The van der Waals surface area contributed by atoms with Gasteiger partial charge in [0.2, 0.25) is 5.91 Å². The molecule has 1 heterocycles. The number of hydrogen-bond donors (Lipinski definition) is 1. The minimum atomic E-state index is 0.181. The zero-order chi connectivity index (χ0) is 11.1. The van der Waals surface area contributed by atoms with E-state index in [9.17, 15) is 4.79 Å². The Kier molecular flexibility index (Phi) is 5.69. The van der Waals surface area contributed by atoms with Crippen molar-refractivity contribution in [1.82, 2.24) is 10.2 Å². The molecule has 1 aliphatic heterocycles. The second kappa shape index (κ2) is 6.83. The molecule has 1 saturated heterocycles. The number of hydrogen-bond acceptors (Lipinski definition) is 2. The van der Waals surface area contributed by atoms with Crippen LogP contribution in [0.4, 0.5) is 0 Å². The Hall–Kier alpha value is -0.570. The fourth-order valence-corrected chi connectivity index (χ4v) is 2.13. The summed E-state index contributed by atoms with van der Waals surface area (Å²) >= 11 is 0. The van der Waals surface area contributed by atoms with Gasteiger partial charge in [0.25, 0.3) is 0 Å². The number of likely N-dealkylation sites (tertiary alicyclic amines) is 1. The number of nitrogens with one attached hydrogen (secondary N) is 1. The molecule has 0 unspecified atom stereocenters. The molecule has 0 aromatic carbocycles. The van der Waals surface area contributed by atoms with Gasteiger partial charge in [-0.25, -0.2) is 0 Å². The molecule has 0 bridgehead atoms. The Morgan fingerprint density at radius 2 is 2.00 bits per heavy atom. The molecule has 3 nitrogen and oxygen atoms in total. The zero-order valence-electron chi connectivity index (χ0n) is 10.1. The van der Waals surface area contributed by atoms with E-state index in [1.165, 1.54) is 32.5 Å². The van der Waals surface area contributed by atoms with Gasteiger partial charge < -0.3 is 10.2 Å². The summed E-state index contributed by atoms with van der Waals surface area (Å²) in [6.07, 6.45) is 4.36. The van der Waals surface area contributed by atoms with Gasteiger partial charge >= 0.3 is 0 Å². The van der Waals surface area contributed by atoms with Crippen molar-refractivity contribution in [2.75, 3.05) is 26.2 Å². The van der Waals surface area contributed by atoms with Crippen molar-refractivity contribution in [2.24, 2.45) is 5.92 Å². The SMILES string of the molecule is CCC(=O)NCCC1CCN(CC)CC1. The largest absolute Gasteiger partial charge is 0.356 e. The van der Waals surface area contributed by atoms with Gasteiger partial charge in [-0.2, -0.15) is 0 Å². The van der Waals surface area contributed by atoms with E-state index < -0.39 is 0 Å². The van der Waals surface area contributed by atoms with Crippen molar-refractivity contribution in [1.29, 1.82) is 0 Å². The summed E-state index contributed by atoms with van der Waals surface area (Å²) < 4.78 is 0. The summed E-state index contributed by atoms with van der Waals surface area (Å²) in [5, 5.41) is 2.95. The van der Waals surface area contributed by atoms with Crippen LogP contribution in [-0.2, 0) is 4.79 Å². The van der Waals surface area contributed by atoms with E-state index in [1.54, 1.807) is 0 Å². The quantitative estimate of drug-likeness (QED) is 0.751. The van der Waals surface area contributed by atoms with Gasteiger partial charge in [0.15, 0.2) is 0 Å². The van der Waals surface area contributed by atoms with Crippen LogP contribution in [0.15, 0.2) is 0 Å². The van der Waals surface area contributed by atoms with Crippen LogP contribution < -0.4 is 5.32 Å². The van der Waals surface area contributed by atoms with E-state index in [0.29, 0.717) is 6.42 Å². The van der Waals surface area contributed by atoms with Gasteiger partial charge in [-0.05, 0) is 44.8 Å². The lowest BCUT2D eigenvalue weighted by atomic mass is 9.93. The third kappa shape index (κ3) is 4.65. The molecule has 3 heteroatoms. The first kappa shape index (κ1) is 12.5. The summed E-state index contributed by atoms with van der Waals surface area (Å²) in [5.41, 5.74) is 0. The van der Waals surface area contributed by atoms with E-state index >= 15 is 0 Å². The lowest BCUT2D eigenvalue weighted by molar-refractivity contribution is -0.120. The second-order valence-corrected chi connectivity index (χ2v) is 4.37. The predicted octanol–water partition coefficient (Wildman–Crippen LogP) is 1.63. The van der Waals surface area contributed by atoms with E-state index in [0.717, 1.165) is 18.9 Å². The van der Waals surface area contributed by atoms with Crippen molar-refractivity contribution >= 4 is 5.91 Å². The van der Waals surface area contributed by atoms with Crippen molar-refractivity contribution in [3.63, 3.8) is 0 Å². The van der Waals surface area contributed by atoms with Crippen LogP contribution in [0.3, 0.4) is 0 Å². The van der Waals surface area contributed by atoms with Crippen molar-refractivity contribution in [3.05, 3.63) is 0 Å². The fourth-order valence-electron chi connectivity index (χ4n) is 2.13. The van der Waals surface area contributed by atoms with E-state index in [2.05, 4.69) is 17.1 Å². The lowest BCUT2D eigenvalue weighted by Gasteiger charge is -2.30. The zero-order valence-corrected chi connectivity index (χ0v) is 10.1. The number of carbonyl (C=O) groups excluding carboxylic acids is 1. The normalized spacial score (nSPS) is 19.1. The van der Waals surface area contributed by atoms with E-state index in [1.807, 2.05) is 6.92 Å². The molecule has 0 saturated carbocycles. The van der Waals surface area contributed by atoms with Crippen molar-refractivity contribution < 1.29 is 4.79 Å². The highest BCUT2D eigenvalue weighted by molar-refractivity contribution is 5.75. The van der Waals surface area contributed by atoms with Crippen LogP contribution in [0.2, 0.25) is 0 Å². The molecule has 88 valence electrons. The maximum atomic E-state index is 11.0. The monoisotopic (exact) mass is 212 g/mol. The number of rotatable bonds is 5. The highest BCUT2D eigenvalue weighted by Gasteiger charge is 2.17. The van der Waals surface area contributed by atoms with Crippen molar-refractivity contribution in [2.45, 2.75) is 39.5 Å². The Balaban J connectivity index is 2.06. The van der Waals surface area contributed by atoms with Crippen LogP contribution in [0, 0.1) is 5.92 Å². The van der Waals surface area contributed by atoms with Gasteiger partial charge in [-0.15, -0.1) is 0 Å². The third-order valence-electron chi connectivity index (χ3n) is 3.35. The molecule has 0 aromatic heterocycles. The molecule has 1 rings (SSSR count). The molecule has 1 aliphatic rings. The Morgan fingerprint density at radius 1 is 1.33 bits per heavy atom. The molecule has 1 fully saturated rings. The first-order valence-electron chi connectivity index (χ1n) is 6.25. The summed E-state index contributed by atoms with van der Waals surface area (Å²) in [5.74, 6) is 1.01. The van der Waals surface area contributed by atoms with Crippen LogP contribution >= 0.6 is 0 Å². The lowest BCUT2D eigenvalue weighted by Crippen LogP contribution is -2.34. The number of carbonyl (C=O) groups is 1. The molecule has 15 heavy (non-hydrogen) atoms. The first-order chi connectivity index (χ1) is 7.26. The molecule has 1 amide bonds. The highest BCUT2D eigenvalue weighted by Crippen LogP contribution is 2.19. The molecule has 0 spiro atoms. The molecule has 0 radical (unpaired) electrons. The Bertz CT molecular complexity index is 186. The van der Waals surface area contributed by atoms with Crippen LogP contribution in [0.25, 0.3) is 0 Å². The molecule has 1 N–H and O–H groups in total. The summed E-state index contributed by atoms with van der Waals surface area (Å²) in [6.45, 7) is 8.64. The van der Waals surface area contributed by atoms with Gasteiger partial charge in [-0.1, -0.05) is 13.8 Å². The molecule has 0 aromatic rings. The summed E-state index contributed by atoms with van der Waals surface area (Å²) in [7, 11) is 0. The summed E-state index contributed by atoms with van der Waals surface area (Å²) in [6, 6.07) is 0. The van der Waals surface area contributed by atoms with E-state index in [-0.39, 0.29) is 5.91 Å². The molecular formula is C12H24N2O. The van der Waals surface area contributed by atoms with Crippen LogP contribution in [0.1, 0.15) is 39.5 Å². The van der Waals surface area contributed by atoms with Crippen LogP contribution in [-0.4, -0.2) is 37.0 Å². The number of nitrogens with zero attached hydrogens (tertiary/aromatic N) is 1. The highest BCUT2D eigenvalue weighted by atomic mass is 16.1. The standard InChI is InChI=1S/C12H24N2O/c1-3-12(15)13-8-5-11-6-9-14(4-2)10-7-11/h11H,3-10H2,1-2H3,(H,13,15). The maximum absolute atomic E-state index is 11.0. The topological polar surface area (TPSA) is 32.3 Å². The van der Waals surface area contributed by atoms with Gasteiger partial charge in [0, 0.05) is 13.0 Å². The fraction of sp³-hybridized carbons (Fsp3) is 0.917. The Morgan fingerprint density at radius 3 is 2.53 bits per heavy atom. The predicted molar refractivity (Wildman–Crippen MR) is 62.8 cm³/mol. The van der Waals surface area contributed by atoms with Gasteiger partial charge in [-0.3, -0.25) is 4.79 Å². The molecule has 0 aliphatic carbocycles. The molecule has 0 atom stereocenters. The Labute approximate surface area is 93.2 Å². The van der Waals surface area contributed by atoms with Gasteiger partial charge in [0.05, 0.1) is 0 Å². The average molecular weight is 212 g/mol. The summed E-state index contributed by atoms with van der Waals surface area (Å²) in [4.78, 5) is 13.5. The van der Waals surface area contributed by atoms with Crippen LogP contribution in [0.5, 0.6) is 0 Å². The van der Waals surface area contributed by atoms with Gasteiger partial charge in [0.1, 0.15) is 0 Å². The second-order valence-electron chi connectivity index (χ2n) is 4.37. The minimum Gasteiger partial charge on any atom is -0.356 e. The first-order valence-corrected chi connectivity index (χ1v) is 6.25. The van der Waals surface area contributed by atoms with Crippen molar-refractivity contribution in [3.8, 4) is 0 Å². The third-order valence-corrected chi connectivity index (χ3v) is 3.35. The smallest absolute Gasteiger partial charge is 0.219 e. The minimum absolute atomic E-state index is 0.181. The number of piperidine rings is 1. The average Bonchev–Trinajstić information content (AvgIpc) is 2.29. The maximum Gasteiger partial charge on any atom is 0.219 e. The van der Waals surface area contributed by atoms with E-state index in [4.69, 9.17) is 0 Å².